The maximum absolute atomic E-state index is 11.7. The second kappa shape index (κ2) is 12.9. The Bertz CT molecular complexity index is 1500. The number of halogens is 1. The largest absolute Gasteiger partial charge is 0.481 e. The number of aliphatic carboxylic acids is 1. The van der Waals surface area contributed by atoms with Crippen molar-refractivity contribution in [2.24, 2.45) is 0 Å². The molecule has 1 fully saturated rings. The molecule has 9 heteroatoms. The fraction of sp³-hybridized carbons (Fsp3) is 0.406. The van der Waals surface area contributed by atoms with Crippen molar-refractivity contribution in [3.05, 3.63) is 64.9 Å². The number of carbonyl (C=O) groups is 1. The lowest BCUT2D eigenvalue weighted by molar-refractivity contribution is -0.136. The molecule has 0 amide bonds. The molecule has 2 aromatic carbocycles. The number of hydrogen-bond acceptors (Lipinski definition) is 7. The molecule has 3 heterocycles. The van der Waals surface area contributed by atoms with Gasteiger partial charge in [-0.1, -0.05) is 23.7 Å². The van der Waals surface area contributed by atoms with Gasteiger partial charge in [0.05, 0.1) is 34.1 Å². The van der Waals surface area contributed by atoms with Gasteiger partial charge in [-0.25, -0.2) is 4.98 Å². The Morgan fingerprint density at radius 1 is 1.05 bits per heavy atom. The summed E-state index contributed by atoms with van der Waals surface area (Å²) in [6.07, 6.45) is 3.74. The van der Waals surface area contributed by atoms with E-state index in [1.807, 2.05) is 49.6 Å². The first kappa shape index (κ1) is 30.9. The number of carboxylic acid groups (broad SMARTS) is 1. The second-order valence-corrected chi connectivity index (χ2v) is 13.1. The van der Waals surface area contributed by atoms with Crippen molar-refractivity contribution in [1.29, 1.82) is 0 Å². The fourth-order valence-corrected chi connectivity index (χ4v) is 6.12. The van der Waals surface area contributed by atoms with Crippen molar-refractivity contribution in [2.45, 2.75) is 59.6 Å². The molecule has 5 rings (SSSR count). The van der Waals surface area contributed by atoms with Crippen LogP contribution in [0.2, 0.25) is 5.02 Å². The molecule has 0 spiro atoms. The number of fused-ring (bicyclic) bond motifs is 1. The van der Waals surface area contributed by atoms with Crippen molar-refractivity contribution in [3.8, 4) is 21.7 Å². The SMILES string of the molecule is CC(C)(C)O.Cc1cc2nc(-c3cncc(N4CCN(C(C)C)CC4)c3)sc2c(-c2ccc(Cl)cc2)c1CC(=O)O. The van der Waals surface area contributed by atoms with E-state index in [-0.39, 0.29) is 6.42 Å². The van der Waals surface area contributed by atoms with Crippen LogP contribution in [0.25, 0.3) is 31.9 Å². The zero-order chi connectivity index (χ0) is 29.9. The maximum Gasteiger partial charge on any atom is 0.307 e. The third kappa shape index (κ3) is 8.04. The van der Waals surface area contributed by atoms with Gasteiger partial charge in [-0.15, -0.1) is 11.3 Å². The quantitative estimate of drug-likeness (QED) is 0.250. The summed E-state index contributed by atoms with van der Waals surface area (Å²) in [5.74, 6) is -0.855. The standard InChI is InChI=1S/C28H29ClN4O2S.C4H10O/c1-17(2)32-8-10-33(11-9-32)22-13-20(15-30-16-22)28-31-24-12-18(3)23(14-25(34)35)26(27(24)36-28)19-4-6-21(29)7-5-19;1-4(2,3)5/h4-7,12-13,15-17H,8-11,14H2,1-3H3,(H,34,35);5H,1-3H3. The van der Waals surface area contributed by atoms with E-state index in [9.17, 15) is 9.90 Å². The van der Waals surface area contributed by atoms with Crippen molar-refractivity contribution < 1.29 is 15.0 Å². The zero-order valence-corrected chi connectivity index (χ0v) is 26.2. The van der Waals surface area contributed by atoms with Crippen molar-refractivity contribution in [3.63, 3.8) is 0 Å². The Morgan fingerprint density at radius 2 is 1.68 bits per heavy atom. The number of carboxylic acids is 1. The van der Waals surface area contributed by atoms with Crippen LogP contribution in [0.5, 0.6) is 0 Å². The van der Waals surface area contributed by atoms with Gasteiger partial charge in [0.2, 0.25) is 0 Å². The third-order valence-electron chi connectivity index (χ3n) is 6.85. The van der Waals surface area contributed by atoms with E-state index in [1.165, 1.54) is 0 Å². The molecular weight excluding hydrogens is 556 g/mol. The summed E-state index contributed by atoms with van der Waals surface area (Å²) in [5.41, 5.74) is 6.03. The van der Waals surface area contributed by atoms with E-state index in [0.717, 1.165) is 74.9 Å². The molecule has 1 aliphatic rings. The highest BCUT2D eigenvalue weighted by atomic mass is 35.5. The maximum atomic E-state index is 11.7. The molecule has 218 valence electrons. The lowest BCUT2D eigenvalue weighted by Gasteiger charge is -2.38. The van der Waals surface area contributed by atoms with Gasteiger partial charge in [0.25, 0.3) is 0 Å². The van der Waals surface area contributed by atoms with Crippen LogP contribution in [0.3, 0.4) is 0 Å². The first-order valence-electron chi connectivity index (χ1n) is 13.9. The highest BCUT2D eigenvalue weighted by Crippen LogP contribution is 2.41. The number of nitrogens with zero attached hydrogens (tertiary/aromatic N) is 4. The molecule has 0 atom stereocenters. The first-order valence-corrected chi connectivity index (χ1v) is 15.1. The van der Waals surface area contributed by atoms with Crippen molar-refractivity contribution >= 4 is 44.8 Å². The number of anilines is 1. The fourth-order valence-electron chi connectivity index (χ4n) is 4.87. The molecule has 2 aromatic heterocycles. The lowest BCUT2D eigenvalue weighted by atomic mass is 9.93. The van der Waals surface area contributed by atoms with E-state index < -0.39 is 11.6 Å². The van der Waals surface area contributed by atoms with Crippen LogP contribution in [0.4, 0.5) is 5.69 Å². The summed E-state index contributed by atoms with van der Waals surface area (Å²) < 4.78 is 0.977. The third-order valence-corrected chi connectivity index (χ3v) is 8.24. The van der Waals surface area contributed by atoms with E-state index in [0.29, 0.717) is 11.1 Å². The number of aromatic nitrogens is 2. The van der Waals surface area contributed by atoms with Gasteiger partial charge in [0.15, 0.2) is 0 Å². The minimum Gasteiger partial charge on any atom is -0.481 e. The summed E-state index contributed by atoms with van der Waals surface area (Å²) in [6, 6.07) is 12.3. The minimum absolute atomic E-state index is 0.0492. The van der Waals surface area contributed by atoms with Gasteiger partial charge in [0.1, 0.15) is 5.01 Å². The topological polar surface area (TPSA) is 89.8 Å². The van der Waals surface area contributed by atoms with Crippen LogP contribution in [0.15, 0.2) is 48.8 Å². The predicted molar refractivity (Wildman–Crippen MR) is 170 cm³/mol. The highest BCUT2D eigenvalue weighted by molar-refractivity contribution is 7.22. The van der Waals surface area contributed by atoms with Gasteiger partial charge < -0.3 is 15.1 Å². The van der Waals surface area contributed by atoms with Gasteiger partial charge in [0, 0.05) is 54.6 Å². The zero-order valence-electron chi connectivity index (χ0n) is 24.6. The molecule has 1 aliphatic heterocycles. The van der Waals surface area contributed by atoms with Crippen LogP contribution in [-0.2, 0) is 11.2 Å². The number of piperazine rings is 1. The lowest BCUT2D eigenvalue weighted by Crippen LogP contribution is -2.48. The van der Waals surface area contributed by atoms with Crippen LogP contribution in [-0.4, -0.2) is 68.9 Å². The number of rotatable bonds is 6. The first-order chi connectivity index (χ1) is 19.3. The summed E-state index contributed by atoms with van der Waals surface area (Å²) in [5, 5.41) is 19.7. The summed E-state index contributed by atoms with van der Waals surface area (Å²) in [4.78, 5) is 26.1. The number of benzene rings is 2. The predicted octanol–water partition coefficient (Wildman–Crippen LogP) is 6.92. The molecule has 1 saturated heterocycles. The average molecular weight is 595 g/mol. The van der Waals surface area contributed by atoms with Crippen LogP contribution in [0.1, 0.15) is 45.7 Å². The molecule has 0 bridgehead atoms. The minimum atomic E-state index is -0.855. The molecule has 7 nitrogen and oxygen atoms in total. The Hall–Kier alpha value is -3.04. The molecule has 0 radical (unpaired) electrons. The summed E-state index contributed by atoms with van der Waals surface area (Å²) in [6.45, 7) is 15.7. The Kier molecular flexibility index (Phi) is 9.70. The monoisotopic (exact) mass is 594 g/mol. The summed E-state index contributed by atoms with van der Waals surface area (Å²) in [7, 11) is 0. The number of thiazole rings is 1. The van der Waals surface area contributed by atoms with Gasteiger partial charge in [-0.3, -0.25) is 14.7 Å². The number of aliphatic hydroxyl groups is 1. The van der Waals surface area contributed by atoms with Gasteiger partial charge in [-0.05, 0) is 82.5 Å². The van der Waals surface area contributed by atoms with Gasteiger partial charge >= 0.3 is 5.97 Å². The molecule has 4 aromatic rings. The van der Waals surface area contributed by atoms with E-state index in [4.69, 9.17) is 21.7 Å². The summed E-state index contributed by atoms with van der Waals surface area (Å²) >= 11 is 7.72. The molecule has 41 heavy (non-hydrogen) atoms. The van der Waals surface area contributed by atoms with Crippen LogP contribution >= 0.6 is 22.9 Å². The van der Waals surface area contributed by atoms with Crippen molar-refractivity contribution in [1.82, 2.24) is 14.9 Å². The van der Waals surface area contributed by atoms with Crippen LogP contribution in [0, 0.1) is 6.92 Å². The average Bonchev–Trinajstić information content (AvgIpc) is 3.32. The Morgan fingerprint density at radius 3 is 2.27 bits per heavy atom. The van der Waals surface area contributed by atoms with E-state index in [2.05, 4.69) is 34.7 Å². The molecule has 0 saturated carbocycles. The number of aryl methyl sites for hydroxylation is 1. The number of hydrogen-bond donors (Lipinski definition) is 2. The highest BCUT2D eigenvalue weighted by Gasteiger charge is 2.22. The Balaban J connectivity index is 0.000000714. The smallest absolute Gasteiger partial charge is 0.307 e. The molecule has 0 aliphatic carbocycles. The molecular formula is C32H39ClN4O3S. The molecule has 0 unspecified atom stereocenters. The molecule has 2 N–H and O–H groups in total. The second-order valence-electron chi connectivity index (χ2n) is 11.7. The van der Waals surface area contributed by atoms with Gasteiger partial charge in [-0.2, -0.15) is 0 Å². The van der Waals surface area contributed by atoms with Crippen LogP contribution < -0.4 is 4.90 Å². The Labute approximate surface area is 251 Å². The van der Waals surface area contributed by atoms with E-state index in [1.54, 1.807) is 32.1 Å². The van der Waals surface area contributed by atoms with Crippen molar-refractivity contribution in [2.75, 3.05) is 31.1 Å². The number of pyridine rings is 1. The normalized spacial score (nSPS) is 14.3. The van der Waals surface area contributed by atoms with E-state index >= 15 is 0 Å².